The fourth-order valence-electron chi connectivity index (χ4n) is 3.81. The smallest absolute Gasteiger partial charge is 0.339 e. The van der Waals surface area contributed by atoms with E-state index in [0.717, 1.165) is 18.5 Å². The van der Waals surface area contributed by atoms with Gasteiger partial charge in [0.25, 0.3) is 5.91 Å². The summed E-state index contributed by atoms with van der Waals surface area (Å²) < 4.78 is 12.6. The average Bonchev–Trinajstić information content (AvgIpc) is 3.48. The lowest BCUT2D eigenvalue weighted by Gasteiger charge is -2.10. The molecule has 1 amide bonds. The van der Waals surface area contributed by atoms with Gasteiger partial charge in [0.15, 0.2) is 12.3 Å². The van der Waals surface area contributed by atoms with Gasteiger partial charge in [-0.05, 0) is 44.9 Å². The molecule has 1 N–H and O–H groups in total. The molecule has 0 unspecified atom stereocenters. The van der Waals surface area contributed by atoms with Crippen molar-refractivity contribution in [3.8, 4) is 6.07 Å². The predicted molar refractivity (Wildman–Crippen MR) is 120 cm³/mol. The van der Waals surface area contributed by atoms with Gasteiger partial charge < -0.3 is 14.5 Å². The number of fused-ring (bicyclic) bond motifs is 2. The third-order valence-corrected chi connectivity index (χ3v) is 5.59. The molecule has 3 aromatic heterocycles. The van der Waals surface area contributed by atoms with Crippen molar-refractivity contribution in [1.29, 1.82) is 5.26 Å². The van der Waals surface area contributed by atoms with E-state index in [0.29, 0.717) is 33.5 Å². The molecule has 0 atom stereocenters. The molecule has 1 fully saturated rings. The summed E-state index contributed by atoms with van der Waals surface area (Å²) in [6.45, 7) is 3.48. The van der Waals surface area contributed by atoms with E-state index in [9.17, 15) is 14.9 Å². The summed E-state index contributed by atoms with van der Waals surface area (Å²) >= 11 is 0. The molecule has 5 rings (SSSR count). The molecule has 1 aromatic carbocycles. The molecule has 1 saturated carbocycles. The first-order valence-electron chi connectivity index (χ1n) is 10.7. The molecule has 0 saturated heterocycles. The van der Waals surface area contributed by atoms with Crippen LogP contribution in [0.4, 0.5) is 5.69 Å². The van der Waals surface area contributed by atoms with Gasteiger partial charge in [-0.3, -0.25) is 4.79 Å². The monoisotopic (exact) mass is 443 g/mol. The number of para-hydroxylation sites is 1. The summed E-state index contributed by atoms with van der Waals surface area (Å²) in [6.07, 6.45) is 3.67. The van der Waals surface area contributed by atoms with Crippen molar-refractivity contribution in [3.05, 3.63) is 53.5 Å². The minimum atomic E-state index is -0.625. The van der Waals surface area contributed by atoms with Crippen LogP contribution in [0.3, 0.4) is 0 Å². The lowest BCUT2D eigenvalue weighted by molar-refractivity contribution is -0.119. The number of amides is 1. The number of esters is 1. The van der Waals surface area contributed by atoms with E-state index in [1.54, 1.807) is 41.2 Å². The van der Waals surface area contributed by atoms with E-state index in [1.807, 2.05) is 19.9 Å². The highest BCUT2D eigenvalue weighted by molar-refractivity contribution is 6.06. The second-order valence-corrected chi connectivity index (χ2v) is 8.33. The number of nitrogens with one attached hydrogen (secondary N) is 1. The Morgan fingerprint density at radius 3 is 2.82 bits per heavy atom. The number of carbonyl (C=O) groups is 2. The molecule has 9 heteroatoms. The number of hydrogen-bond donors (Lipinski definition) is 1. The van der Waals surface area contributed by atoms with Crippen molar-refractivity contribution in [2.75, 3.05) is 11.9 Å². The van der Waals surface area contributed by atoms with E-state index >= 15 is 0 Å². The summed E-state index contributed by atoms with van der Waals surface area (Å²) in [5.74, 6) is -0.877. The standard InChI is InChI=1S/C24H21N5O4/c1-13(2)29-23-17(11-26-29)16(9-18(27-23)14-7-8-14)24(31)32-12-21(30)28-22-15-5-3-4-6-19(15)33-20(22)10-25/h3-6,9,11,13-14H,7-8,12H2,1-2H3,(H,28,30). The fourth-order valence-corrected chi connectivity index (χ4v) is 3.81. The van der Waals surface area contributed by atoms with Crippen LogP contribution >= 0.6 is 0 Å². The average molecular weight is 443 g/mol. The fraction of sp³-hybridized carbons (Fsp3) is 0.292. The summed E-state index contributed by atoms with van der Waals surface area (Å²) in [4.78, 5) is 30.2. The number of nitrogens with zero attached hydrogens (tertiary/aromatic N) is 4. The third-order valence-electron chi connectivity index (χ3n) is 5.59. The van der Waals surface area contributed by atoms with Crippen LogP contribution in [0.25, 0.3) is 22.0 Å². The third kappa shape index (κ3) is 3.80. The van der Waals surface area contributed by atoms with E-state index < -0.39 is 18.5 Å². The van der Waals surface area contributed by atoms with Crippen LogP contribution in [-0.4, -0.2) is 33.2 Å². The number of nitriles is 1. The zero-order chi connectivity index (χ0) is 23.1. The van der Waals surface area contributed by atoms with Gasteiger partial charge in [-0.15, -0.1) is 0 Å². The Morgan fingerprint density at radius 1 is 1.30 bits per heavy atom. The van der Waals surface area contributed by atoms with Gasteiger partial charge in [0, 0.05) is 23.0 Å². The number of aromatic nitrogens is 3. The Morgan fingerprint density at radius 2 is 2.09 bits per heavy atom. The second-order valence-electron chi connectivity index (χ2n) is 8.33. The lowest BCUT2D eigenvalue weighted by atomic mass is 10.1. The maximum Gasteiger partial charge on any atom is 0.339 e. The maximum atomic E-state index is 12.9. The number of furan rings is 1. The zero-order valence-corrected chi connectivity index (χ0v) is 18.2. The number of pyridine rings is 1. The van der Waals surface area contributed by atoms with E-state index in [-0.39, 0.29) is 17.5 Å². The number of carbonyl (C=O) groups excluding carboxylic acids is 2. The molecule has 0 aliphatic heterocycles. The summed E-state index contributed by atoms with van der Waals surface area (Å²) in [5, 5.41) is 17.5. The molecule has 1 aliphatic rings. The van der Waals surface area contributed by atoms with Crippen molar-refractivity contribution in [2.45, 2.75) is 38.6 Å². The van der Waals surface area contributed by atoms with Crippen LogP contribution in [0.15, 0.2) is 40.9 Å². The SMILES string of the molecule is CC(C)n1ncc2c(C(=O)OCC(=O)Nc3c(C#N)oc4ccccc34)cc(C3CC3)nc21. The molecule has 3 heterocycles. The number of ether oxygens (including phenoxy) is 1. The number of anilines is 1. The van der Waals surface area contributed by atoms with Crippen molar-refractivity contribution < 1.29 is 18.7 Å². The highest BCUT2D eigenvalue weighted by atomic mass is 16.5. The number of rotatable bonds is 6. The Bertz CT molecular complexity index is 1440. The Hall–Kier alpha value is -4.19. The van der Waals surface area contributed by atoms with Gasteiger partial charge >= 0.3 is 5.97 Å². The van der Waals surface area contributed by atoms with Crippen molar-refractivity contribution in [3.63, 3.8) is 0 Å². The summed E-state index contributed by atoms with van der Waals surface area (Å²) in [7, 11) is 0. The quantitative estimate of drug-likeness (QED) is 0.441. The number of benzene rings is 1. The predicted octanol–water partition coefficient (Wildman–Crippen LogP) is 4.30. The molecule has 0 spiro atoms. The van der Waals surface area contributed by atoms with Gasteiger partial charge in [0.1, 0.15) is 17.3 Å². The molecule has 9 nitrogen and oxygen atoms in total. The largest absolute Gasteiger partial charge is 0.452 e. The maximum absolute atomic E-state index is 12.9. The molecule has 0 bridgehead atoms. The van der Waals surface area contributed by atoms with Crippen molar-refractivity contribution >= 4 is 39.6 Å². The molecular formula is C24H21N5O4. The minimum absolute atomic E-state index is 0.0121. The van der Waals surface area contributed by atoms with Crippen LogP contribution in [0, 0.1) is 11.3 Å². The molecule has 166 valence electrons. The van der Waals surface area contributed by atoms with E-state index in [1.165, 1.54) is 0 Å². The molecule has 1 aliphatic carbocycles. The lowest BCUT2D eigenvalue weighted by Crippen LogP contribution is -2.21. The second kappa shape index (κ2) is 8.06. The van der Waals surface area contributed by atoms with Gasteiger partial charge in [0.05, 0.1) is 17.1 Å². The summed E-state index contributed by atoms with van der Waals surface area (Å²) in [6, 6.07) is 10.7. The van der Waals surface area contributed by atoms with Gasteiger partial charge in [-0.25, -0.2) is 14.5 Å². The van der Waals surface area contributed by atoms with Crippen LogP contribution in [-0.2, 0) is 9.53 Å². The summed E-state index contributed by atoms with van der Waals surface area (Å²) in [5.41, 5.74) is 2.55. The molecule has 0 radical (unpaired) electrons. The van der Waals surface area contributed by atoms with E-state index in [2.05, 4.69) is 10.4 Å². The van der Waals surface area contributed by atoms with Crippen molar-refractivity contribution in [2.24, 2.45) is 0 Å². The first-order valence-corrected chi connectivity index (χ1v) is 10.7. The van der Waals surface area contributed by atoms with Crippen LogP contribution in [0.2, 0.25) is 0 Å². The Balaban J connectivity index is 1.37. The topological polar surface area (TPSA) is 123 Å². The number of hydrogen-bond acceptors (Lipinski definition) is 7. The van der Waals surface area contributed by atoms with Crippen molar-refractivity contribution in [1.82, 2.24) is 14.8 Å². The first-order chi connectivity index (χ1) is 16.0. The van der Waals surface area contributed by atoms with Crippen LogP contribution in [0.1, 0.15) is 60.5 Å². The highest BCUT2D eigenvalue weighted by Gasteiger charge is 2.29. The minimum Gasteiger partial charge on any atom is -0.452 e. The molecular weight excluding hydrogens is 422 g/mol. The molecule has 4 aromatic rings. The Labute approximate surface area is 188 Å². The normalized spacial score (nSPS) is 13.4. The van der Waals surface area contributed by atoms with Crippen LogP contribution in [0.5, 0.6) is 0 Å². The highest BCUT2D eigenvalue weighted by Crippen LogP contribution is 2.40. The van der Waals surface area contributed by atoms with Crippen LogP contribution < -0.4 is 5.32 Å². The first kappa shape index (κ1) is 20.7. The molecule has 33 heavy (non-hydrogen) atoms. The zero-order valence-electron chi connectivity index (χ0n) is 18.2. The van der Waals surface area contributed by atoms with Gasteiger partial charge in [-0.1, -0.05) is 12.1 Å². The van der Waals surface area contributed by atoms with E-state index in [4.69, 9.17) is 14.1 Å². The Kier molecular flexibility index (Phi) is 5.05. The van der Waals surface area contributed by atoms with Gasteiger partial charge in [-0.2, -0.15) is 10.4 Å². The van der Waals surface area contributed by atoms with Gasteiger partial charge in [0.2, 0.25) is 5.76 Å².